The molecule has 0 saturated carbocycles. The van der Waals surface area contributed by atoms with Crippen molar-refractivity contribution in [3.8, 4) is 69.0 Å². The van der Waals surface area contributed by atoms with Crippen LogP contribution in [0.5, 0.6) is 69.0 Å². The van der Waals surface area contributed by atoms with Crippen molar-refractivity contribution in [3.05, 3.63) is 70.3 Å². The molecule has 0 radical (unpaired) electrons. The van der Waals surface area contributed by atoms with Crippen LogP contribution in [0.25, 0.3) is 0 Å². The molecule has 0 aromatic heterocycles. The van der Waals surface area contributed by atoms with Crippen LogP contribution < -0.4 is 4.74 Å². The molecule has 0 bridgehead atoms. The van der Waals surface area contributed by atoms with Gasteiger partial charge in [-0.25, -0.2) is 19.2 Å². The largest absolute Gasteiger partial charge is 0.504 e. The van der Waals surface area contributed by atoms with Crippen LogP contribution in [0.4, 0.5) is 0 Å². The number of carbonyl (C=O) groups excluding carboxylic acids is 6. The molecule has 27 nitrogen and oxygen atoms in total. The van der Waals surface area contributed by atoms with E-state index in [1.807, 2.05) is 0 Å². The molecule has 1 saturated heterocycles. The summed E-state index contributed by atoms with van der Waals surface area (Å²) >= 11 is 0. The summed E-state index contributed by atoms with van der Waals surface area (Å²) in [6, 6.07) is 4.05. The number of rotatable bonds is 9. The molecule has 0 aliphatic carbocycles. The minimum Gasteiger partial charge on any atom is -0.504 e. The summed E-state index contributed by atoms with van der Waals surface area (Å²) in [6.07, 6.45) is -15.6. The summed E-state index contributed by atoms with van der Waals surface area (Å²) < 4.78 is 39.0. The van der Waals surface area contributed by atoms with Crippen LogP contribution in [0, 0.1) is 5.92 Å². The number of aliphatic hydroxyl groups excluding tert-OH is 1. The number of ketones is 1. The van der Waals surface area contributed by atoms with Gasteiger partial charge >= 0.3 is 35.8 Å². The second kappa shape index (κ2) is 18.4. The quantitative estimate of drug-likeness (QED) is 0.0347. The molecule has 7 rings (SSSR count). The highest BCUT2D eigenvalue weighted by molar-refractivity contribution is 6.01. The Labute approximate surface area is 381 Å². The Morgan fingerprint density at radius 3 is 1.68 bits per heavy atom. The molecule has 3 aliphatic heterocycles. The fraction of sp³-hybridized carbons (Fsp3) is 0.262. The molecule has 1 fully saturated rings. The number of phenols is 11. The maximum atomic E-state index is 14.5. The Bertz CT molecular complexity index is 2770. The number of ether oxygens (including phenoxy) is 7. The Hall–Kier alpha value is -8.95. The van der Waals surface area contributed by atoms with Crippen LogP contribution in [0.1, 0.15) is 59.3 Å². The van der Waals surface area contributed by atoms with E-state index in [9.17, 15) is 99.9 Å². The minimum atomic E-state index is -2.58. The van der Waals surface area contributed by atoms with Crippen LogP contribution in [-0.2, 0) is 42.8 Å². The van der Waals surface area contributed by atoms with Crippen molar-refractivity contribution in [2.45, 2.75) is 49.1 Å². The van der Waals surface area contributed by atoms with Gasteiger partial charge in [-0.2, -0.15) is 0 Å². The number of aliphatic hydroxyl groups is 1. The number of Topliss-reactive ketones (excluding diaryl/α,β-unsaturated/α-hetero) is 1. The fourth-order valence-electron chi connectivity index (χ4n) is 7.48. The first-order chi connectivity index (χ1) is 32.5. The fourth-order valence-corrected chi connectivity index (χ4v) is 7.48. The number of carboxylic acid groups (broad SMARTS) is 1. The van der Waals surface area contributed by atoms with Gasteiger partial charge in [-0.15, -0.1) is 0 Å². The normalized spacial score (nSPS) is 23.3. The van der Waals surface area contributed by atoms with Gasteiger partial charge in [-0.1, -0.05) is 0 Å². The van der Waals surface area contributed by atoms with E-state index in [1.54, 1.807) is 0 Å². The van der Waals surface area contributed by atoms with Crippen LogP contribution in [0.3, 0.4) is 0 Å². The average molecular weight is 971 g/mol. The monoisotopic (exact) mass is 970 g/mol. The van der Waals surface area contributed by atoms with E-state index in [4.69, 9.17) is 33.2 Å². The summed E-state index contributed by atoms with van der Waals surface area (Å²) in [6.45, 7) is -2.56. The number of aliphatic carboxylic acids is 1. The van der Waals surface area contributed by atoms with Crippen molar-refractivity contribution in [2.75, 3.05) is 13.2 Å². The van der Waals surface area contributed by atoms with E-state index in [2.05, 4.69) is 0 Å². The molecule has 3 aliphatic rings. The lowest BCUT2D eigenvalue weighted by Crippen LogP contribution is -2.47. The van der Waals surface area contributed by atoms with E-state index in [-0.39, 0.29) is 0 Å². The Kier molecular flexibility index (Phi) is 12.8. The topological polar surface area (TPSA) is 447 Å². The number of aromatic hydroxyl groups is 11. The maximum absolute atomic E-state index is 14.5. The molecule has 0 amide bonds. The molecular formula is C42H34O27. The predicted molar refractivity (Wildman–Crippen MR) is 212 cm³/mol. The molecule has 8 atom stereocenters. The number of hydrogen-bond acceptors (Lipinski definition) is 26. The number of phenolic OH excluding ortho intramolecular Hbond substituents is 11. The van der Waals surface area contributed by atoms with Gasteiger partial charge in [0.1, 0.15) is 25.4 Å². The average Bonchev–Trinajstić information content (AvgIpc) is 3.43. The smallest absolute Gasteiger partial charge is 0.341 e. The number of cyclic esters (lactones) is 1. The highest BCUT2D eigenvalue weighted by Crippen LogP contribution is 2.51. The number of hydrogen-bond donors (Lipinski definition) is 13. The van der Waals surface area contributed by atoms with Gasteiger partial charge in [0.15, 0.2) is 87.3 Å². The molecule has 27 heteroatoms. The van der Waals surface area contributed by atoms with Crippen molar-refractivity contribution < 1.29 is 133 Å². The Morgan fingerprint density at radius 1 is 0.638 bits per heavy atom. The molecule has 364 valence electrons. The first kappa shape index (κ1) is 48.0. The van der Waals surface area contributed by atoms with Gasteiger partial charge in [-0.3, -0.25) is 14.4 Å². The van der Waals surface area contributed by atoms with Gasteiger partial charge in [0, 0.05) is 17.0 Å². The number of fused-ring (bicyclic) bond motifs is 1. The summed E-state index contributed by atoms with van der Waals surface area (Å²) in [4.78, 5) is 95.3. The van der Waals surface area contributed by atoms with Crippen LogP contribution in [-0.4, -0.2) is 158 Å². The first-order valence-corrected chi connectivity index (χ1v) is 19.5. The molecule has 8 unspecified atom stereocenters. The molecule has 4 aromatic carbocycles. The highest BCUT2D eigenvalue weighted by atomic mass is 16.7. The maximum Gasteiger partial charge on any atom is 0.341 e. The van der Waals surface area contributed by atoms with Gasteiger partial charge in [-0.05, 0) is 42.5 Å². The third kappa shape index (κ3) is 9.13. The summed E-state index contributed by atoms with van der Waals surface area (Å²) in [5.74, 6) is -28.7. The van der Waals surface area contributed by atoms with Crippen molar-refractivity contribution in [2.24, 2.45) is 5.92 Å². The molecule has 0 spiro atoms. The minimum absolute atomic E-state index is 0.476. The van der Waals surface area contributed by atoms with E-state index < -0.39 is 207 Å². The third-order valence-corrected chi connectivity index (χ3v) is 10.8. The van der Waals surface area contributed by atoms with Crippen molar-refractivity contribution in [3.63, 3.8) is 0 Å². The van der Waals surface area contributed by atoms with Gasteiger partial charge in [0.2, 0.25) is 12.0 Å². The zero-order chi connectivity index (χ0) is 50.5. The molecule has 4 aromatic rings. The van der Waals surface area contributed by atoms with Crippen LogP contribution in [0.15, 0.2) is 42.5 Å². The van der Waals surface area contributed by atoms with E-state index in [0.29, 0.717) is 42.5 Å². The second-order valence-electron chi connectivity index (χ2n) is 15.2. The molecule has 13 N–H and O–H groups in total. The highest BCUT2D eigenvalue weighted by Gasteiger charge is 2.53. The van der Waals surface area contributed by atoms with Gasteiger partial charge in [0.25, 0.3) is 0 Å². The van der Waals surface area contributed by atoms with Gasteiger partial charge < -0.3 is 99.5 Å². The van der Waals surface area contributed by atoms with Crippen LogP contribution >= 0.6 is 0 Å². The SMILES string of the molecule is O=C(O)CC1C(=O)OCC2OC(C(=O)c3cc(O)c(O)c(O)c3)C(COC(=O)c3cc(O)c(O)c(O)c3)OC(OC(=O)c3cc(O)c(O)c(O)c3)C2OC(=O)c2cc(O)c(O)c3c2C1C(O)C(=O)O3. The summed E-state index contributed by atoms with van der Waals surface area (Å²) in [7, 11) is 0. The molecular weight excluding hydrogens is 936 g/mol. The van der Waals surface area contributed by atoms with Crippen molar-refractivity contribution in [1.29, 1.82) is 0 Å². The summed E-state index contributed by atoms with van der Waals surface area (Å²) in [5, 5.41) is 133. The lowest BCUT2D eigenvalue weighted by Gasteiger charge is -2.34. The zero-order valence-electron chi connectivity index (χ0n) is 34.3. The van der Waals surface area contributed by atoms with Crippen molar-refractivity contribution >= 4 is 41.6 Å². The summed E-state index contributed by atoms with van der Waals surface area (Å²) in [5.41, 5.74) is -3.95. The zero-order valence-corrected chi connectivity index (χ0v) is 34.3. The number of carbonyl (C=O) groups is 7. The number of carboxylic acids is 1. The second-order valence-corrected chi connectivity index (χ2v) is 15.2. The first-order valence-electron chi connectivity index (χ1n) is 19.5. The standard InChI is InChI=1S/C42H34O27/c43-16-1-11(2-17(44)29(16)53)28(52)34-23(9-63-37(58)12-3-18(45)30(54)19(46)4-12)66-42(69-38(59)13-5-20(47)31(55)21(48)6-13)35-24(65-34)10-64-39(60)15(8-25(50)51)26-27-14(40(61)67-35)7-22(49)32(56)36(27)68-41(62)33(26)57/h1-7,15,23-24,26,33-35,42-49,53-57H,8-10H2,(H,50,51). The molecule has 3 heterocycles. The van der Waals surface area contributed by atoms with Crippen molar-refractivity contribution in [1.82, 2.24) is 0 Å². The Morgan fingerprint density at radius 2 is 1.14 bits per heavy atom. The van der Waals surface area contributed by atoms with Gasteiger partial charge in [0.05, 0.1) is 29.0 Å². The van der Waals surface area contributed by atoms with Crippen LogP contribution in [0.2, 0.25) is 0 Å². The number of benzene rings is 4. The van der Waals surface area contributed by atoms with E-state index in [0.717, 1.165) is 0 Å². The Balaban J connectivity index is 1.41. The predicted octanol–water partition coefficient (Wildman–Crippen LogP) is 0.0604. The third-order valence-electron chi connectivity index (χ3n) is 10.8. The molecule has 69 heavy (non-hydrogen) atoms. The number of esters is 5. The lowest BCUT2D eigenvalue weighted by molar-refractivity contribution is -0.195. The lowest BCUT2D eigenvalue weighted by atomic mass is 9.76. The van der Waals surface area contributed by atoms with E-state index >= 15 is 0 Å². The van der Waals surface area contributed by atoms with E-state index in [1.165, 1.54) is 0 Å².